The van der Waals surface area contributed by atoms with Crippen LogP contribution in [0.4, 0.5) is 0 Å². The fourth-order valence-corrected chi connectivity index (χ4v) is 0.929. The minimum absolute atomic E-state index is 0. The number of aliphatic hydroxyl groups is 1. The van der Waals surface area contributed by atoms with Crippen LogP contribution in [0.25, 0.3) is 0 Å². The summed E-state index contributed by atoms with van der Waals surface area (Å²) in [6.45, 7) is 0. The number of hydrogen-bond donors (Lipinski definition) is 2. The Labute approximate surface area is 112 Å². The van der Waals surface area contributed by atoms with E-state index in [0.717, 1.165) is 0 Å². The van der Waals surface area contributed by atoms with Crippen LogP contribution in [0.15, 0.2) is 24.3 Å². The Morgan fingerprint density at radius 1 is 1.36 bits per heavy atom. The molecule has 0 saturated carbocycles. The summed E-state index contributed by atoms with van der Waals surface area (Å²) in [4.78, 5) is 10.4. The fraction of sp³-hybridized carbons (Fsp3) is 0.222. The van der Waals surface area contributed by atoms with Crippen molar-refractivity contribution in [3.05, 3.63) is 29.8 Å². The summed E-state index contributed by atoms with van der Waals surface area (Å²) in [5, 5.41) is 17.6. The van der Waals surface area contributed by atoms with E-state index in [1.54, 1.807) is 12.1 Å². The average molecular weight is 224 g/mol. The van der Waals surface area contributed by atoms with E-state index in [0.29, 0.717) is 11.3 Å². The molecule has 14 heavy (non-hydrogen) atoms. The molecule has 5 heteroatoms. The van der Waals surface area contributed by atoms with Crippen molar-refractivity contribution in [3.63, 3.8) is 0 Å². The molecular weight excluding hydrogens is 212 g/mol. The van der Waals surface area contributed by atoms with Crippen molar-refractivity contribution in [1.82, 2.24) is 0 Å². The van der Waals surface area contributed by atoms with Crippen LogP contribution in [-0.4, -0.2) is 61.0 Å². The van der Waals surface area contributed by atoms with E-state index >= 15 is 0 Å². The van der Waals surface area contributed by atoms with Crippen LogP contribution in [0.5, 0.6) is 5.75 Å². The van der Waals surface area contributed by atoms with Crippen molar-refractivity contribution in [2.24, 2.45) is 0 Å². The van der Waals surface area contributed by atoms with Gasteiger partial charge in [-0.3, -0.25) is 0 Å². The molecule has 2 N–H and O–H groups in total. The minimum atomic E-state index is -1.47. The van der Waals surface area contributed by atoms with Crippen molar-refractivity contribution in [2.75, 3.05) is 7.11 Å². The van der Waals surface area contributed by atoms with Gasteiger partial charge in [-0.15, -0.1) is 0 Å². The Hall–Kier alpha value is -0.290. The predicted molar refractivity (Wildman–Crippen MR) is 54.1 cm³/mol. The Bertz CT molecular complexity index is 296. The zero-order valence-corrected chi connectivity index (χ0v) is 7.10. The first kappa shape index (κ1) is 13.7. The van der Waals surface area contributed by atoms with Gasteiger partial charge in [0.2, 0.25) is 0 Å². The van der Waals surface area contributed by atoms with Crippen LogP contribution < -0.4 is 4.74 Å². The van der Waals surface area contributed by atoms with E-state index in [2.05, 4.69) is 0 Å². The number of hydrogen-bond acceptors (Lipinski definition) is 3. The van der Waals surface area contributed by atoms with Crippen LogP contribution in [-0.2, 0) is 4.79 Å². The van der Waals surface area contributed by atoms with Crippen LogP contribution in [0, 0.1) is 0 Å². The molecule has 0 fully saturated rings. The Morgan fingerprint density at radius 3 is 2.21 bits per heavy atom. The first-order valence-corrected chi connectivity index (χ1v) is 3.70. The number of rotatable bonds is 3. The van der Waals surface area contributed by atoms with Crippen LogP contribution in [0.2, 0.25) is 0 Å². The third-order valence-electron chi connectivity index (χ3n) is 1.67. The van der Waals surface area contributed by atoms with Crippen molar-refractivity contribution >= 4 is 43.7 Å². The van der Waals surface area contributed by atoms with Gasteiger partial charge in [-0.1, -0.05) is 12.1 Å². The van der Waals surface area contributed by atoms with Gasteiger partial charge in [-0.2, -0.15) is 0 Å². The third kappa shape index (κ3) is 3.46. The zero-order chi connectivity index (χ0) is 9.84. The molecule has 1 unspecified atom stereocenters. The second kappa shape index (κ2) is 6.24. The topological polar surface area (TPSA) is 66.8 Å². The molecule has 74 valence electrons. The number of methoxy groups -OCH3 is 1. The monoisotopic (exact) mass is 224 g/mol. The molecule has 1 aromatic carbocycles. The van der Waals surface area contributed by atoms with Crippen LogP contribution in [0.3, 0.4) is 0 Å². The zero-order valence-electron chi connectivity index (χ0n) is 7.10. The Morgan fingerprint density at radius 2 is 1.86 bits per heavy atom. The molecule has 0 heterocycles. The number of aliphatic carboxylic acids is 1. The van der Waals surface area contributed by atoms with Gasteiger partial charge in [0.25, 0.3) is 0 Å². The summed E-state index contributed by atoms with van der Waals surface area (Å²) < 4.78 is 4.88. The molecule has 0 spiro atoms. The number of ether oxygens (including phenoxy) is 1. The SMILES string of the molecule is COc1ccc(C(O)C(=O)O)cc1.[CaH2]. The Kier molecular flexibility index (Phi) is 6.11. The van der Waals surface area contributed by atoms with Gasteiger partial charge in [0, 0.05) is 0 Å². The summed E-state index contributed by atoms with van der Waals surface area (Å²) in [6.07, 6.45) is -1.47. The summed E-state index contributed by atoms with van der Waals surface area (Å²) in [5.74, 6) is -0.633. The molecule has 0 aromatic heterocycles. The maximum absolute atomic E-state index is 10.4. The normalized spacial score (nSPS) is 11.3. The molecule has 0 amide bonds. The van der Waals surface area contributed by atoms with E-state index < -0.39 is 12.1 Å². The summed E-state index contributed by atoms with van der Waals surface area (Å²) in [6, 6.07) is 6.22. The van der Waals surface area contributed by atoms with Crippen molar-refractivity contribution in [3.8, 4) is 5.75 Å². The van der Waals surface area contributed by atoms with E-state index in [9.17, 15) is 4.79 Å². The van der Waals surface area contributed by atoms with Gasteiger partial charge in [-0.25, -0.2) is 4.79 Å². The second-order valence-corrected chi connectivity index (χ2v) is 2.51. The summed E-state index contributed by atoms with van der Waals surface area (Å²) in [5.41, 5.74) is 0.341. The molecule has 0 aliphatic heterocycles. The fourth-order valence-electron chi connectivity index (χ4n) is 0.929. The van der Waals surface area contributed by atoms with E-state index in [1.165, 1.54) is 19.2 Å². The van der Waals surface area contributed by atoms with Gasteiger partial charge in [0.15, 0.2) is 6.10 Å². The molecule has 0 aliphatic rings. The number of carboxylic acid groups (broad SMARTS) is 1. The standard InChI is InChI=1S/C9H10O4.Ca.2H/c1-13-7-4-2-6(3-5-7)8(10)9(11)12;;;/h2-5,8,10H,1H3,(H,11,12);;;. The molecule has 0 aliphatic carbocycles. The summed E-state index contributed by atoms with van der Waals surface area (Å²) >= 11 is 0. The number of carbonyl (C=O) groups is 1. The van der Waals surface area contributed by atoms with Crippen LogP contribution >= 0.6 is 0 Å². The molecule has 0 saturated heterocycles. The van der Waals surface area contributed by atoms with Gasteiger partial charge in [0.05, 0.1) is 7.11 Å². The van der Waals surface area contributed by atoms with Gasteiger partial charge < -0.3 is 14.9 Å². The number of benzene rings is 1. The van der Waals surface area contributed by atoms with Gasteiger partial charge in [-0.05, 0) is 17.7 Å². The van der Waals surface area contributed by atoms with Crippen molar-refractivity contribution in [1.29, 1.82) is 0 Å². The second-order valence-electron chi connectivity index (χ2n) is 2.51. The first-order chi connectivity index (χ1) is 6.15. The van der Waals surface area contributed by atoms with Crippen molar-refractivity contribution < 1.29 is 19.7 Å². The molecule has 4 nitrogen and oxygen atoms in total. The molecule has 1 rings (SSSR count). The quantitative estimate of drug-likeness (QED) is 0.703. The first-order valence-electron chi connectivity index (χ1n) is 3.70. The molecule has 0 radical (unpaired) electrons. The summed E-state index contributed by atoms with van der Waals surface area (Å²) in [7, 11) is 1.52. The Balaban J connectivity index is 0.00000169. The van der Waals surface area contributed by atoms with E-state index in [4.69, 9.17) is 14.9 Å². The van der Waals surface area contributed by atoms with Gasteiger partial charge >= 0.3 is 43.7 Å². The average Bonchev–Trinajstić information content (AvgIpc) is 2.17. The van der Waals surface area contributed by atoms with Crippen molar-refractivity contribution in [2.45, 2.75) is 6.10 Å². The van der Waals surface area contributed by atoms with Gasteiger partial charge in [0.1, 0.15) is 5.75 Å². The molecule has 0 bridgehead atoms. The van der Waals surface area contributed by atoms with Crippen LogP contribution in [0.1, 0.15) is 11.7 Å². The van der Waals surface area contributed by atoms with E-state index in [1.807, 2.05) is 0 Å². The van der Waals surface area contributed by atoms with E-state index in [-0.39, 0.29) is 37.7 Å². The molecule has 1 aromatic rings. The molecular formula is C9H12CaO4. The third-order valence-corrected chi connectivity index (χ3v) is 1.67. The number of aliphatic hydroxyl groups excluding tert-OH is 1. The molecule has 1 atom stereocenters. The maximum atomic E-state index is 10.4. The number of carboxylic acids is 1. The predicted octanol–water partition coefficient (Wildman–Crippen LogP) is -0.103.